The summed E-state index contributed by atoms with van der Waals surface area (Å²) in [6.07, 6.45) is 5.38. The van der Waals surface area contributed by atoms with Crippen molar-refractivity contribution >= 4 is 50.9 Å². The molecule has 1 fully saturated rings. The van der Waals surface area contributed by atoms with Crippen molar-refractivity contribution in [1.29, 1.82) is 0 Å². The first-order valence-electron chi connectivity index (χ1n) is 12.1. The molecular formula is C27H33BrCl2N2O3. The fourth-order valence-electron chi connectivity index (χ4n) is 4.20. The van der Waals surface area contributed by atoms with Gasteiger partial charge in [-0.1, -0.05) is 68.4 Å². The molecule has 2 aromatic rings. The Bertz CT molecular complexity index is 1040. The Morgan fingerprint density at radius 2 is 1.77 bits per heavy atom. The normalized spacial score (nSPS) is 15.1. The zero-order chi connectivity index (χ0) is 25.5. The lowest BCUT2D eigenvalue weighted by Gasteiger charge is -2.31. The molecular weight excluding hydrogens is 551 g/mol. The predicted octanol–water partition coefficient (Wildman–Crippen LogP) is 7.12. The zero-order valence-corrected chi connectivity index (χ0v) is 23.5. The highest BCUT2D eigenvalue weighted by Crippen LogP contribution is 2.29. The van der Waals surface area contributed by atoms with Crippen LogP contribution in [0.2, 0.25) is 10.0 Å². The monoisotopic (exact) mass is 582 g/mol. The molecule has 3 rings (SSSR count). The average Bonchev–Trinajstić information content (AvgIpc) is 2.83. The SMILES string of the molecule is CC(C)c1ccc(OCC(=O)N(Cc2ccc(Cl)c(Cl)c2)[C@@H](C)C(=O)NC2CCCCC2)c(Br)c1. The van der Waals surface area contributed by atoms with Crippen LogP contribution in [0.1, 0.15) is 69.9 Å². The maximum absolute atomic E-state index is 13.3. The number of amides is 2. The van der Waals surface area contributed by atoms with Gasteiger partial charge in [-0.15, -0.1) is 0 Å². The number of carbonyl (C=O) groups is 2. The summed E-state index contributed by atoms with van der Waals surface area (Å²) in [6, 6.07) is 10.6. The second-order valence-corrected chi connectivity index (χ2v) is 11.1. The van der Waals surface area contributed by atoms with E-state index in [9.17, 15) is 9.59 Å². The molecule has 2 amide bonds. The van der Waals surface area contributed by atoms with Gasteiger partial charge in [0.15, 0.2) is 6.61 Å². The van der Waals surface area contributed by atoms with E-state index in [1.165, 1.54) is 16.9 Å². The highest BCUT2D eigenvalue weighted by atomic mass is 79.9. The van der Waals surface area contributed by atoms with Crippen LogP contribution < -0.4 is 10.1 Å². The van der Waals surface area contributed by atoms with Gasteiger partial charge in [-0.2, -0.15) is 0 Å². The van der Waals surface area contributed by atoms with Crippen molar-refractivity contribution < 1.29 is 14.3 Å². The summed E-state index contributed by atoms with van der Waals surface area (Å²) in [7, 11) is 0. The number of hydrogen-bond acceptors (Lipinski definition) is 3. The molecule has 0 bridgehead atoms. The predicted molar refractivity (Wildman–Crippen MR) is 145 cm³/mol. The minimum Gasteiger partial charge on any atom is -0.483 e. The molecule has 1 aliphatic rings. The lowest BCUT2D eigenvalue weighted by Crippen LogP contribution is -2.51. The fourth-order valence-corrected chi connectivity index (χ4v) is 5.03. The molecule has 0 spiro atoms. The smallest absolute Gasteiger partial charge is 0.261 e. The minimum absolute atomic E-state index is 0.159. The molecule has 5 nitrogen and oxygen atoms in total. The van der Waals surface area contributed by atoms with E-state index < -0.39 is 6.04 Å². The number of nitrogens with zero attached hydrogens (tertiary/aromatic N) is 1. The third-order valence-electron chi connectivity index (χ3n) is 6.43. The number of rotatable bonds is 9. The highest BCUT2D eigenvalue weighted by Gasteiger charge is 2.28. The van der Waals surface area contributed by atoms with Crippen LogP contribution in [0.3, 0.4) is 0 Å². The summed E-state index contributed by atoms with van der Waals surface area (Å²) >= 11 is 15.8. The Morgan fingerprint density at radius 1 is 1.06 bits per heavy atom. The Hall–Kier alpha value is -1.76. The van der Waals surface area contributed by atoms with Gasteiger partial charge in [0.05, 0.1) is 14.5 Å². The summed E-state index contributed by atoms with van der Waals surface area (Å²) in [4.78, 5) is 28.0. The van der Waals surface area contributed by atoms with Crippen LogP contribution in [0, 0.1) is 0 Å². The topological polar surface area (TPSA) is 58.6 Å². The average molecular weight is 584 g/mol. The first kappa shape index (κ1) is 27.8. The van der Waals surface area contributed by atoms with Gasteiger partial charge < -0.3 is 15.0 Å². The van der Waals surface area contributed by atoms with E-state index in [2.05, 4.69) is 35.1 Å². The summed E-state index contributed by atoms with van der Waals surface area (Å²) in [6.45, 7) is 6.01. The Labute approximate surface area is 226 Å². The fraction of sp³-hybridized carbons (Fsp3) is 0.481. The van der Waals surface area contributed by atoms with Crippen LogP contribution in [-0.2, 0) is 16.1 Å². The maximum Gasteiger partial charge on any atom is 0.261 e. The molecule has 0 unspecified atom stereocenters. The minimum atomic E-state index is -0.672. The lowest BCUT2D eigenvalue weighted by molar-refractivity contribution is -0.142. The van der Waals surface area contributed by atoms with Crippen molar-refractivity contribution in [1.82, 2.24) is 10.2 Å². The highest BCUT2D eigenvalue weighted by molar-refractivity contribution is 9.10. The Balaban J connectivity index is 1.74. The molecule has 35 heavy (non-hydrogen) atoms. The summed E-state index contributed by atoms with van der Waals surface area (Å²) in [5.74, 6) is 0.513. The standard InChI is InChI=1S/C27H33BrCl2N2O3/c1-17(2)20-10-12-25(22(28)14-20)35-16-26(33)32(15-19-9-11-23(29)24(30)13-19)18(3)27(34)31-21-7-5-4-6-8-21/h9-14,17-18,21H,4-8,15-16H2,1-3H3,(H,31,34)/t18-/m0/s1. The molecule has 0 aromatic heterocycles. The second kappa shape index (κ2) is 13.0. The number of nitrogens with one attached hydrogen (secondary N) is 1. The first-order chi connectivity index (χ1) is 16.7. The van der Waals surface area contributed by atoms with Crippen molar-refractivity contribution in [2.75, 3.05) is 6.61 Å². The van der Waals surface area contributed by atoms with Crippen molar-refractivity contribution in [2.45, 2.75) is 77.4 Å². The van der Waals surface area contributed by atoms with Crippen LogP contribution >= 0.6 is 39.1 Å². The lowest BCUT2D eigenvalue weighted by atomic mass is 9.95. The molecule has 1 N–H and O–H groups in total. The van der Waals surface area contributed by atoms with E-state index in [1.54, 1.807) is 19.1 Å². The van der Waals surface area contributed by atoms with Gasteiger partial charge in [0, 0.05) is 12.6 Å². The Morgan fingerprint density at radius 3 is 2.40 bits per heavy atom. The molecule has 0 aliphatic heterocycles. The number of halogens is 3. The molecule has 1 atom stereocenters. The van der Waals surface area contributed by atoms with Gasteiger partial charge >= 0.3 is 0 Å². The van der Waals surface area contributed by atoms with Crippen molar-refractivity contribution in [3.8, 4) is 5.75 Å². The molecule has 8 heteroatoms. The van der Waals surface area contributed by atoms with E-state index in [0.717, 1.165) is 35.7 Å². The third kappa shape index (κ3) is 7.86. The van der Waals surface area contributed by atoms with Crippen molar-refractivity contribution in [3.63, 3.8) is 0 Å². The zero-order valence-electron chi connectivity index (χ0n) is 20.5. The molecule has 190 valence electrons. The van der Waals surface area contributed by atoms with E-state index in [-0.39, 0.29) is 31.0 Å². The van der Waals surface area contributed by atoms with E-state index in [0.29, 0.717) is 21.7 Å². The van der Waals surface area contributed by atoms with Crippen LogP contribution in [0.15, 0.2) is 40.9 Å². The van der Waals surface area contributed by atoms with Crippen molar-refractivity contribution in [2.24, 2.45) is 0 Å². The van der Waals surface area contributed by atoms with Gasteiger partial charge in [-0.3, -0.25) is 9.59 Å². The molecule has 0 radical (unpaired) electrons. The van der Waals surface area contributed by atoms with E-state index in [1.807, 2.05) is 24.3 Å². The molecule has 1 saturated carbocycles. The largest absolute Gasteiger partial charge is 0.483 e. The molecule has 0 heterocycles. The summed E-state index contributed by atoms with van der Waals surface area (Å²) in [5.41, 5.74) is 1.96. The van der Waals surface area contributed by atoms with E-state index in [4.69, 9.17) is 27.9 Å². The second-order valence-electron chi connectivity index (χ2n) is 9.42. The van der Waals surface area contributed by atoms with Crippen LogP contribution in [0.5, 0.6) is 5.75 Å². The number of benzene rings is 2. The molecule has 0 saturated heterocycles. The van der Waals surface area contributed by atoms with Crippen LogP contribution in [-0.4, -0.2) is 35.4 Å². The quantitative estimate of drug-likeness (QED) is 0.342. The number of hydrogen-bond donors (Lipinski definition) is 1. The van der Waals surface area contributed by atoms with Crippen LogP contribution in [0.25, 0.3) is 0 Å². The van der Waals surface area contributed by atoms with Gasteiger partial charge in [-0.25, -0.2) is 0 Å². The third-order valence-corrected chi connectivity index (χ3v) is 7.79. The van der Waals surface area contributed by atoms with Gasteiger partial charge in [0.25, 0.3) is 5.91 Å². The van der Waals surface area contributed by atoms with Gasteiger partial charge in [-0.05, 0) is 77.0 Å². The summed E-state index contributed by atoms with van der Waals surface area (Å²) < 4.78 is 6.65. The first-order valence-corrected chi connectivity index (χ1v) is 13.7. The summed E-state index contributed by atoms with van der Waals surface area (Å²) in [5, 5.41) is 3.97. The van der Waals surface area contributed by atoms with Crippen LogP contribution in [0.4, 0.5) is 0 Å². The molecule has 1 aliphatic carbocycles. The van der Waals surface area contributed by atoms with Gasteiger partial charge in [0.1, 0.15) is 11.8 Å². The Kier molecular flexibility index (Phi) is 10.3. The maximum atomic E-state index is 13.3. The van der Waals surface area contributed by atoms with E-state index >= 15 is 0 Å². The van der Waals surface area contributed by atoms with Crippen molar-refractivity contribution in [3.05, 3.63) is 62.0 Å². The number of carbonyl (C=O) groups excluding carboxylic acids is 2. The number of ether oxygens (including phenoxy) is 1. The van der Waals surface area contributed by atoms with Gasteiger partial charge in [0.2, 0.25) is 5.91 Å². The molecule has 2 aromatic carbocycles.